The van der Waals surface area contributed by atoms with Gasteiger partial charge in [-0.25, -0.2) is 18.4 Å². The summed E-state index contributed by atoms with van der Waals surface area (Å²) in [4.78, 5) is 8.13. The van der Waals surface area contributed by atoms with E-state index in [2.05, 4.69) is 30.6 Å². The first-order valence-corrected chi connectivity index (χ1v) is 9.44. The van der Waals surface area contributed by atoms with Gasteiger partial charge in [-0.05, 0) is 39.5 Å². The van der Waals surface area contributed by atoms with Crippen LogP contribution in [0.15, 0.2) is 55.3 Å². The van der Waals surface area contributed by atoms with Gasteiger partial charge in [-0.1, -0.05) is 6.07 Å². The van der Waals surface area contributed by atoms with Crippen LogP contribution < -0.4 is 9.46 Å². The van der Waals surface area contributed by atoms with Crippen molar-refractivity contribution in [1.29, 1.82) is 0 Å². The second-order valence-corrected chi connectivity index (χ2v) is 7.92. The second-order valence-electron chi connectivity index (χ2n) is 4.25. The Balaban J connectivity index is 1.84. The molecule has 0 aliphatic rings. The average molecular weight is 416 g/mol. The third-order valence-corrected chi connectivity index (χ3v) is 5.75. The first-order chi connectivity index (χ1) is 11.0. The van der Waals surface area contributed by atoms with E-state index in [1.807, 2.05) is 0 Å². The summed E-state index contributed by atoms with van der Waals surface area (Å²) in [5.74, 6) is 0.642. The van der Waals surface area contributed by atoms with Crippen molar-refractivity contribution in [2.24, 2.45) is 0 Å². The van der Waals surface area contributed by atoms with E-state index in [4.69, 9.17) is 9.15 Å². The Kier molecular flexibility index (Phi) is 4.64. The smallest absolute Gasteiger partial charge is 0.272 e. The van der Waals surface area contributed by atoms with Crippen LogP contribution in [0.25, 0.3) is 0 Å². The van der Waals surface area contributed by atoms with E-state index >= 15 is 0 Å². The van der Waals surface area contributed by atoms with Gasteiger partial charge in [0.1, 0.15) is 21.2 Å². The topological polar surface area (TPSA) is 94.3 Å². The summed E-state index contributed by atoms with van der Waals surface area (Å²) in [5.41, 5.74) is 0. The minimum absolute atomic E-state index is 0.00755. The number of sulfonamides is 1. The predicted octanol–water partition coefficient (Wildman–Crippen LogP) is 3.27. The lowest BCUT2D eigenvalue weighted by Crippen LogP contribution is -2.14. The normalized spacial score (nSPS) is 11.3. The first kappa shape index (κ1) is 16.0. The minimum atomic E-state index is -3.73. The van der Waals surface area contributed by atoms with E-state index in [1.165, 1.54) is 18.5 Å². The van der Waals surface area contributed by atoms with E-state index in [1.54, 1.807) is 23.6 Å². The molecular weight excluding hydrogens is 406 g/mol. The van der Waals surface area contributed by atoms with Crippen LogP contribution in [0.5, 0.6) is 5.88 Å². The maximum Gasteiger partial charge on any atom is 0.272 e. The molecule has 10 heteroatoms. The molecular formula is C13H10BrN3O4S2. The second kappa shape index (κ2) is 6.69. The molecule has 3 rings (SSSR count). The summed E-state index contributed by atoms with van der Waals surface area (Å²) in [5, 5.41) is 1.68. The van der Waals surface area contributed by atoms with Crippen LogP contribution >= 0.6 is 27.3 Å². The Hall–Kier alpha value is -1.91. The molecule has 0 bridgehead atoms. The largest absolute Gasteiger partial charge is 0.467 e. The summed E-state index contributed by atoms with van der Waals surface area (Å²) in [6.07, 6.45) is 2.90. The van der Waals surface area contributed by atoms with Crippen molar-refractivity contribution in [3.8, 4) is 5.88 Å². The molecule has 0 atom stereocenters. The number of hydrogen-bond acceptors (Lipinski definition) is 7. The third kappa shape index (κ3) is 3.89. The van der Waals surface area contributed by atoms with Gasteiger partial charge in [0.05, 0.1) is 12.5 Å². The summed E-state index contributed by atoms with van der Waals surface area (Å²) in [6, 6.07) is 6.62. The molecule has 3 aromatic heterocycles. The van der Waals surface area contributed by atoms with E-state index in [9.17, 15) is 8.42 Å². The predicted molar refractivity (Wildman–Crippen MR) is 87.9 cm³/mol. The molecule has 0 aromatic carbocycles. The minimum Gasteiger partial charge on any atom is -0.467 e. The van der Waals surface area contributed by atoms with Crippen LogP contribution in [0.4, 0.5) is 5.82 Å². The van der Waals surface area contributed by atoms with Crippen LogP contribution in [-0.4, -0.2) is 18.4 Å². The number of anilines is 1. The van der Waals surface area contributed by atoms with Gasteiger partial charge in [-0.3, -0.25) is 4.72 Å². The Labute approximate surface area is 144 Å². The fraction of sp³-hybridized carbons (Fsp3) is 0.0769. The summed E-state index contributed by atoms with van der Waals surface area (Å²) in [7, 11) is -3.73. The van der Waals surface area contributed by atoms with Crippen molar-refractivity contribution < 1.29 is 17.6 Å². The van der Waals surface area contributed by atoms with Crippen molar-refractivity contribution in [2.75, 3.05) is 4.72 Å². The number of nitrogens with zero attached hydrogens (tertiary/aromatic N) is 2. The number of hydrogen-bond donors (Lipinski definition) is 1. The van der Waals surface area contributed by atoms with Gasteiger partial charge >= 0.3 is 0 Å². The highest BCUT2D eigenvalue weighted by molar-refractivity contribution is 9.10. The maximum absolute atomic E-state index is 12.3. The van der Waals surface area contributed by atoms with E-state index < -0.39 is 10.0 Å². The molecule has 120 valence electrons. The molecule has 0 spiro atoms. The lowest BCUT2D eigenvalue weighted by Gasteiger charge is -2.10. The Bertz CT molecular complexity index is 880. The van der Waals surface area contributed by atoms with Crippen molar-refractivity contribution in [3.63, 3.8) is 0 Å². The maximum atomic E-state index is 12.3. The van der Waals surface area contributed by atoms with Crippen molar-refractivity contribution in [1.82, 2.24) is 9.97 Å². The summed E-state index contributed by atoms with van der Waals surface area (Å²) in [6.45, 7) is 0.103. The zero-order chi connectivity index (χ0) is 16.3. The highest BCUT2D eigenvalue weighted by Crippen LogP contribution is 2.26. The number of aromatic nitrogens is 2. The van der Waals surface area contributed by atoms with Crippen molar-refractivity contribution >= 4 is 43.1 Å². The van der Waals surface area contributed by atoms with E-state index in [0.29, 0.717) is 10.4 Å². The SMILES string of the molecule is O=S(=O)(Nc1ncc(Br)nc1OCc1ccco1)c1cccs1. The highest BCUT2D eigenvalue weighted by Gasteiger charge is 2.20. The van der Waals surface area contributed by atoms with Gasteiger partial charge < -0.3 is 9.15 Å². The molecule has 0 saturated heterocycles. The molecule has 0 unspecified atom stereocenters. The average Bonchev–Trinajstić information content (AvgIpc) is 3.20. The van der Waals surface area contributed by atoms with Gasteiger partial charge in [-0.2, -0.15) is 0 Å². The molecule has 1 N–H and O–H groups in total. The molecule has 0 aliphatic heterocycles. The van der Waals surface area contributed by atoms with Crippen molar-refractivity contribution in [2.45, 2.75) is 10.8 Å². The number of ether oxygens (including phenoxy) is 1. The molecule has 0 fully saturated rings. The molecule has 3 heterocycles. The summed E-state index contributed by atoms with van der Waals surface area (Å²) < 4.78 is 38.2. The first-order valence-electron chi connectivity index (χ1n) is 6.28. The van der Waals surface area contributed by atoms with Crippen LogP contribution in [-0.2, 0) is 16.6 Å². The Morgan fingerprint density at radius 3 is 2.91 bits per heavy atom. The highest BCUT2D eigenvalue weighted by atomic mass is 79.9. The lowest BCUT2D eigenvalue weighted by molar-refractivity contribution is 0.261. The van der Waals surface area contributed by atoms with Crippen LogP contribution in [0.1, 0.15) is 5.76 Å². The fourth-order valence-corrected chi connectivity index (χ4v) is 3.91. The molecule has 0 amide bonds. The quantitative estimate of drug-likeness (QED) is 0.663. The molecule has 0 aliphatic carbocycles. The molecule has 0 radical (unpaired) electrons. The monoisotopic (exact) mass is 415 g/mol. The molecule has 0 saturated carbocycles. The number of rotatable bonds is 6. The van der Waals surface area contributed by atoms with Gasteiger partial charge in [0.25, 0.3) is 15.9 Å². The number of thiophene rings is 1. The fourth-order valence-electron chi connectivity index (χ4n) is 1.65. The van der Waals surface area contributed by atoms with Gasteiger partial charge in [0.2, 0.25) is 5.82 Å². The number of halogens is 1. The lowest BCUT2D eigenvalue weighted by atomic mass is 10.5. The van der Waals surface area contributed by atoms with Crippen LogP contribution in [0.2, 0.25) is 0 Å². The van der Waals surface area contributed by atoms with Crippen molar-refractivity contribution in [3.05, 3.63) is 52.5 Å². The summed E-state index contributed by atoms with van der Waals surface area (Å²) >= 11 is 4.29. The molecule has 23 heavy (non-hydrogen) atoms. The molecule has 7 nitrogen and oxygen atoms in total. The van der Waals surface area contributed by atoms with E-state index in [0.717, 1.165) is 11.3 Å². The van der Waals surface area contributed by atoms with Crippen LogP contribution in [0.3, 0.4) is 0 Å². The molecule has 3 aromatic rings. The van der Waals surface area contributed by atoms with Gasteiger partial charge in [-0.15, -0.1) is 11.3 Å². The zero-order valence-electron chi connectivity index (χ0n) is 11.5. The number of nitrogens with one attached hydrogen (secondary N) is 1. The van der Waals surface area contributed by atoms with Gasteiger partial charge in [0.15, 0.2) is 0 Å². The Morgan fingerprint density at radius 1 is 1.35 bits per heavy atom. The Morgan fingerprint density at radius 2 is 2.22 bits per heavy atom. The standard InChI is InChI=1S/C13H10BrN3O4S2/c14-10-7-15-12(17-23(18,19)11-4-2-6-22-11)13(16-10)21-8-9-3-1-5-20-9/h1-7H,8H2,(H,15,17). The van der Waals surface area contributed by atoms with Gasteiger partial charge in [0, 0.05) is 0 Å². The zero-order valence-corrected chi connectivity index (χ0v) is 14.7. The third-order valence-electron chi connectivity index (χ3n) is 2.63. The van der Waals surface area contributed by atoms with E-state index in [-0.39, 0.29) is 22.5 Å². The van der Waals surface area contributed by atoms with Crippen LogP contribution in [0, 0.1) is 0 Å². The number of furan rings is 1.